The van der Waals surface area contributed by atoms with Gasteiger partial charge in [0.25, 0.3) is 0 Å². The molecule has 249 valence electrons. The van der Waals surface area contributed by atoms with Crippen LogP contribution in [0.25, 0.3) is 22.4 Å². The molecule has 0 amide bonds. The number of carbonyl (C=O) groups excluding carboxylic acids is 1. The Hall–Kier alpha value is -3.47. The Morgan fingerprint density at radius 1 is 0.872 bits per heavy atom. The number of fused-ring (bicyclic) bond motifs is 3. The molecule has 47 heavy (non-hydrogen) atoms. The number of rotatable bonds is 9. The van der Waals surface area contributed by atoms with Crippen LogP contribution in [0.4, 0.5) is 5.69 Å². The Labute approximate surface area is 297 Å². The summed E-state index contributed by atoms with van der Waals surface area (Å²) in [4.78, 5) is 19.0. The summed E-state index contributed by atoms with van der Waals surface area (Å²) < 4.78 is 0. The normalized spacial score (nSPS) is 12.3. The third kappa shape index (κ3) is 8.34. The zero-order valence-electron chi connectivity index (χ0n) is 29.6. The van der Waals surface area contributed by atoms with Crippen LogP contribution in [0.2, 0.25) is 0 Å². The van der Waals surface area contributed by atoms with Crippen LogP contribution >= 0.6 is 0 Å². The van der Waals surface area contributed by atoms with E-state index in [0.717, 1.165) is 42.5 Å². The van der Waals surface area contributed by atoms with Crippen LogP contribution in [0.5, 0.6) is 0 Å². The molecule has 3 aromatic carbocycles. The van der Waals surface area contributed by atoms with E-state index in [1.807, 2.05) is 33.9 Å². The van der Waals surface area contributed by atoms with E-state index in [2.05, 4.69) is 106 Å². The molecule has 6 heteroatoms. The van der Waals surface area contributed by atoms with Crippen molar-refractivity contribution in [2.24, 2.45) is 11.8 Å². The molecule has 0 saturated heterocycles. The molecule has 0 atom stereocenters. The number of aliphatic hydroxyl groups is 1. The molecule has 4 aromatic rings. The summed E-state index contributed by atoms with van der Waals surface area (Å²) in [5, 5.41) is 9.76. The smallest absolute Gasteiger partial charge is 0.323 e. The molecule has 0 unspecified atom stereocenters. The van der Waals surface area contributed by atoms with Gasteiger partial charge in [-0.05, 0) is 74.7 Å². The monoisotopic (exact) mass is 806 g/mol. The van der Waals surface area contributed by atoms with Gasteiger partial charge in [0, 0.05) is 55.6 Å². The number of carbonyl (C=O) groups is 1. The molecule has 0 saturated carbocycles. The largest absolute Gasteiger partial charge is 0.512 e. The van der Waals surface area contributed by atoms with E-state index < -0.39 is 0 Å². The molecule has 1 aliphatic heterocycles. The number of ketones is 1. The van der Waals surface area contributed by atoms with Crippen LogP contribution in [-0.4, -0.2) is 29.8 Å². The van der Waals surface area contributed by atoms with Crippen molar-refractivity contribution < 1.29 is 30.0 Å². The molecule has 1 radical (unpaired) electrons. The average Bonchev–Trinajstić information content (AvgIpc) is 3.03. The van der Waals surface area contributed by atoms with Crippen molar-refractivity contribution in [3.8, 4) is 22.4 Å². The van der Waals surface area contributed by atoms with Crippen molar-refractivity contribution in [3.63, 3.8) is 0 Å². The van der Waals surface area contributed by atoms with Crippen molar-refractivity contribution in [1.29, 1.82) is 0 Å². The average molecular weight is 806 g/mol. The van der Waals surface area contributed by atoms with Crippen molar-refractivity contribution in [1.82, 2.24) is 4.98 Å². The van der Waals surface area contributed by atoms with Crippen molar-refractivity contribution in [2.45, 2.75) is 81.1 Å². The molecule has 1 aliphatic rings. The van der Waals surface area contributed by atoms with Crippen LogP contribution in [0, 0.1) is 45.6 Å². The number of anilines is 1. The SMILES string of the molecule is CCC(CC)C(=O)/C=C(\O)C(CC)CC.Cc1[c-]c(-c2nccc3c2N(C)B(c2c(C)cccc2C)c2ccccc2-3)cc(C)c1.[Ir]. The quantitative estimate of drug-likeness (QED) is 0.0796. The van der Waals surface area contributed by atoms with Crippen molar-refractivity contribution in [2.75, 3.05) is 11.9 Å². The van der Waals surface area contributed by atoms with Gasteiger partial charge < -0.3 is 14.9 Å². The number of nitrogens with zero attached hydrogens (tertiary/aromatic N) is 2. The maximum Gasteiger partial charge on any atom is 0.323 e. The van der Waals surface area contributed by atoms with Crippen LogP contribution in [0.3, 0.4) is 0 Å². The summed E-state index contributed by atoms with van der Waals surface area (Å²) in [6.45, 7) is 16.9. The zero-order chi connectivity index (χ0) is 33.5. The number of pyridine rings is 1. The van der Waals surface area contributed by atoms with E-state index in [9.17, 15) is 9.90 Å². The predicted molar refractivity (Wildman–Crippen MR) is 197 cm³/mol. The van der Waals surface area contributed by atoms with Gasteiger partial charge in [-0.3, -0.25) is 4.79 Å². The van der Waals surface area contributed by atoms with Crippen LogP contribution in [-0.2, 0) is 24.9 Å². The molecule has 0 spiro atoms. The molecule has 0 bridgehead atoms. The second-order valence-corrected chi connectivity index (χ2v) is 12.7. The fraction of sp³-hybridized carbons (Fsp3) is 0.366. The maximum absolute atomic E-state index is 11.7. The summed E-state index contributed by atoms with van der Waals surface area (Å²) in [5.41, 5.74) is 13.5. The van der Waals surface area contributed by atoms with Gasteiger partial charge in [0.1, 0.15) is 0 Å². The molecular formula is C41H50BIrN2O2-. The Bertz CT molecular complexity index is 1670. The van der Waals surface area contributed by atoms with Crippen LogP contribution in [0.1, 0.15) is 75.6 Å². The van der Waals surface area contributed by atoms with E-state index in [1.165, 1.54) is 50.5 Å². The molecule has 5 rings (SSSR count). The molecule has 1 aromatic heterocycles. The Balaban J connectivity index is 0.000000322. The number of aliphatic hydroxyl groups excluding tert-OH is 1. The van der Waals surface area contributed by atoms with Gasteiger partial charge >= 0.3 is 6.85 Å². The number of aryl methyl sites for hydroxylation is 4. The molecule has 1 N–H and O–H groups in total. The first-order chi connectivity index (χ1) is 22.1. The molecule has 0 aliphatic carbocycles. The van der Waals surface area contributed by atoms with Gasteiger partial charge in [-0.25, -0.2) is 0 Å². The number of hydrogen-bond acceptors (Lipinski definition) is 4. The van der Waals surface area contributed by atoms with Crippen LogP contribution < -0.4 is 15.7 Å². The Morgan fingerprint density at radius 3 is 2.09 bits per heavy atom. The first-order valence-electron chi connectivity index (χ1n) is 16.9. The first-order valence-corrected chi connectivity index (χ1v) is 16.9. The summed E-state index contributed by atoms with van der Waals surface area (Å²) in [5.74, 6) is 0.547. The summed E-state index contributed by atoms with van der Waals surface area (Å²) in [7, 11) is 2.21. The minimum atomic E-state index is 0. The van der Waals surface area contributed by atoms with Gasteiger partial charge in [0.05, 0.1) is 5.76 Å². The number of benzene rings is 3. The van der Waals surface area contributed by atoms with Gasteiger partial charge in [0.2, 0.25) is 0 Å². The number of hydrogen-bond donors (Lipinski definition) is 1. The first kappa shape index (κ1) is 38.0. The third-order valence-electron chi connectivity index (χ3n) is 9.51. The Morgan fingerprint density at radius 2 is 1.49 bits per heavy atom. The fourth-order valence-electron chi connectivity index (χ4n) is 6.95. The predicted octanol–water partition coefficient (Wildman–Crippen LogP) is 8.87. The van der Waals surface area contributed by atoms with E-state index >= 15 is 0 Å². The maximum atomic E-state index is 11.7. The third-order valence-corrected chi connectivity index (χ3v) is 9.51. The van der Waals surface area contributed by atoms with Gasteiger partial charge in [-0.15, -0.1) is 34.9 Å². The second-order valence-electron chi connectivity index (χ2n) is 12.7. The van der Waals surface area contributed by atoms with E-state index in [1.54, 1.807) is 0 Å². The minimum Gasteiger partial charge on any atom is -0.512 e. The van der Waals surface area contributed by atoms with Gasteiger partial charge in [0.15, 0.2) is 5.78 Å². The second kappa shape index (κ2) is 17.1. The molecule has 4 nitrogen and oxygen atoms in total. The minimum absolute atomic E-state index is 0. The van der Waals surface area contributed by atoms with E-state index in [-0.39, 0.29) is 50.3 Å². The topological polar surface area (TPSA) is 53.4 Å². The van der Waals surface area contributed by atoms with Gasteiger partial charge in [-0.2, -0.15) is 0 Å². The van der Waals surface area contributed by atoms with E-state index in [4.69, 9.17) is 4.98 Å². The summed E-state index contributed by atoms with van der Waals surface area (Å²) in [6, 6.07) is 25.4. The van der Waals surface area contributed by atoms with Crippen molar-refractivity contribution >= 4 is 29.2 Å². The Kier molecular flexibility index (Phi) is 13.8. The molecule has 0 fully saturated rings. The van der Waals surface area contributed by atoms with Crippen molar-refractivity contribution in [3.05, 3.63) is 107 Å². The zero-order valence-corrected chi connectivity index (χ0v) is 32.0. The fourth-order valence-corrected chi connectivity index (χ4v) is 6.95. The summed E-state index contributed by atoms with van der Waals surface area (Å²) in [6.07, 6.45) is 6.84. The molecular weight excluding hydrogens is 755 g/mol. The van der Waals surface area contributed by atoms with E-state index in [0.29, 0.717) is 0 Å². The number of aromatic nitrogens is 1. The summed E-state index contributed by atoms with van der Waals surface area (Å²) >= 11 is 0. The standard InChI is InChI=1S/C28H26BN2.C13H24O2.Ir/c1-18-15-19(2)17-22(16-18)27-28-24(13-14-30-27)23-11-6-7-12-25(23)29(31(28)5)26-20(3)9-8-10-21(26)4;1-5-10(6-2)12(14)9-13(15)11(7-3)8-4;/h6-16H,1-5H3;9-11,14H,5-8H2,1-4H3;/q-1;;/b;12-9-;. The molecule has 2 heterocycles. The van der Waals surface area contributed by atoms with Crippen LogP contribution in [0.15, 0.2) is 78.7 Å². The number of allylic oxidation sites excluding steroid dienone is 2. The van der Waals surface area contributed by atoms with Gasteiger partial charge in [-0.1, -0.05) is 95.1 Å².